The molecule has 0 radical (unpaired) electrons. The minimum absolute atomic E-state index is 0.491. The zero-order valence-electron chi connectivity index (χ0n) is 11.6. The van der Waals surface area contributed by atoms with Crippen molar-refractivity contribution < 1.29 is 0 Å². The Hall–Kier alpha value is -2.64. The number of rotatable bonds is 2. The predicted molar refractivity (Wildman–Crippen MR) is 75.8 cm³/mol. The molecule has 0 spiro atoms. The van der Waals surface area contributed by atoms with Crippen LogP contribution >= 0.6 is 0 Å². The Kier molecular flexibility index (Phi) is 2.73. The van der Waals surface area contributed by atoms with Gasteiger partial charge in [-0.05, 0) is 25.8 Å². The van der Waals surface area contributed by atoms with Crippen LogP contribution in [-0.2, 0) is 0 Å². The molecule has 1 fully saturated rings. The van der Waals surface area contributed by atoms with Gasteiger partial charge in [0.1, 0.15) is 12.0 Å². The molecule has 4 heterocycles. The van der Waals surface area contributed by atoms with E-state index in [9.17, 15) is 0 Å². The SMILES string of the molecule is Cc1c(-c2ccnc(N3CCCC3)n2)nnc2ncnn12. The largest absolute Gasteiger partial charge is 0.341 e. The molecule has 106 valence electrons. The fourth-order valence-electron chi connectivity index (χ4n) is 2.59. The van der Waals surface area contributed by atoms with Gasteiger partial charge in [-0.1, -0.05) is 0 Å². The lowest BCUT2D eigenvalue weighted by Gasteiger charge is -2.15. The lowest BCUT2D eigenvalue weighted by Crippen LogP contribution is -2.20. The summed E-state index contributed by atoms with van der Waals surface area (Å²) in [6.45, 7) is 3.95. The van der Waals surface area contributed by atoms with Crippen LogP contribution in [0, 0.1) is 6.92 Å². The Labute approximate surface area is 120 Å². The second kappa shape index (κ2) is 4.72. The molecule has 0 aromatic carbocycles. The topological polar surface area (TPSA) is 85.0 Å². The molecule has 0 atom stereocenters. The molecule has 0 aliphatic carbocycles. The van der Waals surface area contributed by atoms with Crippen molar-refractivity contribution in [2.45, 2.75) is 19.8 Å². The van der Waals surface area contributed by atoms with E-state index in [0.29, 0.717) is 11.5 Å². The van der Waals surface area contributed by atoms with Crippen molar-refractivity contribution in [2.75, 3.05) is 18.0 Å². The summed E-state index contributed by atoms with van der Waals surface area (Å²) in [6.07, 6.45) is 5.62. The predicted octanol–water partition coefficient (Wildman–Crippen LogP) is 0.885. The van der Waals surface area contributed by atoms with Crippen LogP contribution in [0.2, 0.25) is 0 Å². The molecule has 0 amide bonds. The quantitative estimate of drug-likeness (QED) is 0.689. The van der Waals surface area contributed by atoms with E-state index in [2.05, 4.69) is 35.1 Å². The molecule has 8 nitrogen and oxygen atoms in total. The molecular formula is C13H14N8. The van der Waals surface area contributed by atoms with Crippen LogP contribution in [0.4, 0.5) is 5.95 Å². The van der Waals surface area contributed by atoms with Gasteiger partial charge in [-0.3, -0.25) is 0 Å². The van der Waals surface area contributed by atoms with E-state index in [-0.39, 0.29) is 0 Å². The van der Waals surface area contributed by atoms with Crippen molar-refractivity contribution in [3.05, 3.63) is 24.3 Å². The second-order valence-electron chi connectivity index (χ2n) is 5.04. The molecular weight excluding hydrogens is 268 g/mol. The first-order valence-electron chi connectivity index (χ1n) is 6.94. The van der Waals surface area contributed by atoms with Gasteiger partial charge in [-0.25, -0.2) is 9.97 Å². The average Bonchev–Trinajstić information content (AvgIpc) is 3.19. The maximum Gasteiger partial charge on any atom is 0.271 e. The molecule has 8 heteroatoms. The minimum atomic E-state index is 0.491. The fraction of sp³-hybridized carbons (Fsp3) is 0.385. The molecule has 3 aromatic heterocycles. The average molecular weight is 282 g/mol. The first-order valence-corrected chi connectivity index (χ1v) is 6.94. The number of hydrogen-bond donors (Lipinski definition) is 0. The van der Waals surface area contributed by atoms with Gasteiger partial charge in [-0.15, -0.1) is 10.2 Å². The third-order valence-electron chi connectivity index (χ3n) is 3.70. The highest BCUT2D eigenvalue weighted by atomic mass is 15.4. The Balaban J connectivity index is 1.80. The number of fused-ring (bicyclic) bond motifs is 1. The van der Waals surface area contributed by atoms with Crippen molar-refractivity contribution in [3.63, 3.8) is 0 Å². The highest BCUT2D eigenvalue weighted by molar-refractivity contribution is 5.58. The summed E-state index contributed by atoms with van der Waals surface area (Å²) in [5.74, 6) is 1.25. The van der Waals surface area contributed by atoms with Crippen LogP contribution in [0.15, 0.2) is 18.6 Å². The van der Waals surface area contributed by atoms with Gasteiger partial charge in [0.2, 0.25) is 5.95 Å². The van der Waals surface area contributed by atoms with E-state index in [1.54, 1.807) is 10.7 Å². The van der Waals surface area contributed by atoms with Crippen molar-refractivity contribution in [1.29, 1.82) is 0 Å². The zero-order valence-corrected chi connectivity index (χ0v) is 11.6. The normalized spacial score (nSPS) is 15.0. The smallest absolute Gasteiger partial charge is 0.271 e. The number of aromatic nitrogens is 7. The highest BCUT2D eigenvalue weighted by Gasteiger charge is 2.17. The van der Waals surface area contributed by atoms with Gasteiger partial charge in [0, 0.05) is 19.3 Å². The van der Waals surface area contributed by atoms with Crippen molar-refractivity contribution in [1.82, 2.24) is 34.8 Å². The van der Waals surface area contributed by atoms with Gasteiger partial charge in [0.15, 0.2) is 0 Å². The van der Waals surface area contributed by atoms with E-state index >= 15 is 0 Å². The van der Waals surface area contributed by atoms with Crippen LogP contribution in [0.3, 0.4) is 0 Å². The molecule has 1 aliphatic rings. The summed E-state index contributed by atoms with van der Waals surface area (Å²) in [5, 5.41) is 12.5. The Morgan fingerprint density at radius 1 is 1.10 bits per heavy atom. The molecule has 1 saturated heterocycles. The van der Waals surface area contributed by atoms with Crippen molar-refractivity contribution in [2.24, 2.45) is 0 Å². The fourth-order valence-corrected chi connectivity index (χ4v) is 2.59. The van der Waals surface area contributed by atoms with Crippen molar-refractivity contribution >= 4 is 11.7 Å². The van der Waals surface area contributed by atoms with E-state index < -0.39 is 0 Å². The van der Waals surface area contributed by atoms with E-state index in [0.717, 1.165) is 30.4 Å². The van der Waals surface area contributed by atoms with E-state index in [1.807, 2.05) is 13.0 Å². The Morgan fingerprint density at radius 3 is 2.81 bits per heavy atom. The summed E-state index contributed by atoms with van der Waals surface area (Å²) < 4.78 is 1.67. The maximum absolute atomic E-state index is 4.63. The Bertz CT molecular complexity index is 790. The second-order valence-corrected chi connectivity index (χ2v) is 5.04. The highest BCUT2D eigenvalue weighted by Crippen LogP contribution is 2.21. The molecule has 0 bridgehead atoms. The number of anilines is 1. The third-order valence-corrected chi connectivity index (χ3v) is 3.70. The van der Waals surface area contributed by atoms with E-state index in [1.165, 1.54) is 19.2 Å². The van der Waals surface area contributed by atoms with Crippen LogP contribution in [0.1, 0.15) is 18.5 Å². The first-order chi connectivity index (χ1) is 10.3. The van der Waals surface area contributed by atoms with Crippen LogP contribution < -0.4 is 4.90 Å². The third kappa shape index (κ3) is 1.99. The number of hydrogen-bond acceptors (Lipinski definition) is 7. The maximum atomic E-state index is 4.63. The van der Waals surface area contributed by atoms with Gasteiger partial charge >= 0.3 is 0 Å². The van der Waals surface area contributed by atoms with Gasteiger partial charge < -0.3 is 4.90 Å². The van der Waals surface area contributed by atoms with Crippen molar-refractivity contribution in [3.8, 4) is 11.4 Å². The van der Waals surface area contributed by atoms with Gasteiger partial charge in [0.25, 0.3) is 5.78 Å². The van der Waals surface area contributed by atoms with Crippen LogP contribution in [0.25, 0.3) is 17.2 Å². The summed E-state index contributed by atoms with van der Waals surface area (Å²) in [7, 11) is 0. The molecule has 4 rings (SSSR count). The van der Waals surface area contributed by atoms with Gasteiger partial charge in [-0.2, -0.15) is 14.6 Å². The summed E-state index contributed by atoms with van der Waals surface area (Å²) in [4.78, 5) is 15.2. The van der Waals surface area contributed by atoms with Crippen LogP contribution in [-0.4, -0.2) is 47.9 Å². The van der Waals surface area contributed by atoms with Crippen LogP contribution in [0.5, 0.6) is 0 Å². The molecule has 3 aromatic rings. The molecule has 0 saturated carbocycles. The standard InChI is InChI=1S/C13H14N8/c1-9-11(18-19-13-15-8-16-21(9)13)10-4-5-14-12(17-10)20-6-2-3-7-20/h4-5,8H,2-3,6-7H2,1H3. The summed E-state index contributed by atoms with van der Waals surface area (Å²) in [6, 6.07) is 1.85. The number of nitrogens with zero attached hydrogens (tertiary/aromatic N) is 8. The first kappa shape index (κ1) is 12.1. The zero-order chi connectivity index (χ0) is 14.2. The summed E-state index contributed by atoms with van der Waals surface area (Å²) in [5.41, 5.74) is 2.33. The number of aryl methyl sites for hydroxylation is 1. The van der Waals surface area contributed by atoms with Gasteiger partial charge in [0.05, 0.1) is 11.4 Å². The molecule has 21 heavy (non-hydrogen) atoms. The monoisotopic (exact) mass is 282 g/mol. The molecule has 1 aliphatic heterocycles. The Morgan fingerprint density at radius 2 is 1.95 bits per heavy atom. The molecule has 0 N–H and O–H groups in total. The summed E-state index contributed by atoms with van der Waals surface area (Å²) >= 11 is 0. The van der Waals surface area contributed by atoms with E-state index in [4.69, 9.17) is 0 Å². The lowest BCUT2D eigenvalue weighted by molar-refractivity contribution is 0.846. The minimum Gasteiger partial charge on any atom is -0.341 e. The lowest BCUT2D eigenvalue weighted by atomic mass is 10.2. The molecule has 0 unspecified atom stereocenters.